The summed E-state index contributed by atoms with van der Waals surface area (Å²) in [7, 11) is 0. The van der Waals surface area contributed by atoms with Gasteiger partial charge in [-0.05, 0) is 24.3 Å². The van der Waals surface area contributed by atoms with E-state index in [-0.39, 0.29) is 5.91 Å². The zero-order valence-electron chi connectivity index (χ0n) is 15.1. The number of benzene rings is 1. The number of likely N-dealkylation sites (tertiary alicyclic amines) is 1. The molecule has 0 aliphatic carbocycles. The molecule has 1 aromatic carbocycles. The van der Waals surface area contributed by atoms with Crippen LogP contribution in [-0.4, -0.2) is 66.0 Å². The minimum absolute atomic E-state index is 0.00503. The van der Waals surface area contributed by atoms with Gasteiger partial charge in [-0.25, -0.2) is 4.98 Å². The lowest BCUT2D eigenvalue weighted by Gasteiger charge is -2.48. The second-order valence-electron chi connectivity index (χ2n) is 7.22. The number of aromatic nitrogens is 1. The van der Waals surface area contributed by atoms with Gasteiger partial charge in [0.05, 0.1) is 0 Å². The largest absolute Gasteiger partial charge is 0.451 e. The zero-order valence-corrected chi connectivity index (χ0v) is 15.1. The molecule has 2 fully saturated rings. The molecule has 0 N–H and O–H groups in total. The third-order valence-electron chi connectivity index (χ3n) is 5.59. The maximum atomic E-state index is 12.7. The molecule has 6 nitrogen and oxygen atoms in total. The van der Waals surface area contributed by atoms with Gasteiger partial charge in [-0.2, -0.15) is 0 Å². The summed E-state index contributed by atoms with van der Waals surface area (Å²) in [4.78, 5) is 23.8. The molecule has 0 radical (unpaired) electrons. The number of carbonyl (C=O) groups is 1. The van der Waals surface area contributed by atoms with E-state index in [4.69, 9.17) is 4.42 Å². The van der Waals surface area contributed by atoms with Crippen LogP contribution >= 0.6 is 0 Å². The van der Waals surface area contributed by atoms with Crippen molar-refractivity contribution in [3.8, 4) is 0 Å². The van der Waals surface area contributed by atoms with E-state index in [0.717, 1.165) is 56.1 Å². The van der Waals surface area contributed by atoms with Crippen molar-refractivity contribution >= 4 is 22.7 Å². The van der Waals surface area contributed by atoms with Crippen LogP contribution in [0.3, 0.4) is 0 Å². The summed E-state index contributed by atoms with van der Waals surface area (Å²) in [5, 5.41) is 0.976. The van der Waals surface area contributed by atoms with Crippen LogP contribution in [0.2, 0.25) is 0 Å². The van der Waals surface area contributed by atoms with Crippen molar-refractivity contribution in [1.29, 1.82) is 0 Å². The van der Waals surface area contributed by atoms with Gasteiger partial charge in [0.1, 0.15) is 11.4 Å². The third kappa shape index (κ3) is 3.06. The van der Waals surface area contributed by atoms with Gasteiger partial charge in [0, 0.05) is 56.9 Å². The topological polar surface area (TPSA) is 52.8 Å². The number of piperazine rings is 1. The summed E-state index contributed by atoms with van der Waals surface area (Å²) in [6.07, 6.45) is 1.84. The van der Waals surface area contributed by atoms with E-state index in [1.807, 2.05) is 53.6 Å². The van der Waals surface area contributed by atoms with Crippen molar-refractivity contribution in [3.05, 3.63) is 60.5 Å². The third-order valence-corrected chi connectivity index (χ3v) is 5.59. The fourth-order valence-corrected chi connectivity index (χ4v) is 3.95. The van der Waals surface area contributed by atoms with Gasteiger partial charge >= 0.3 is 0 Å². The van der Waals surface area contributed by atoms with Crippen LogP contribution in [0.15, 0.2) is 59.1 Å². The molecule has 138 valence electrons. The lowest BCUT2D eigenvalue weighted by Crippen LogP contribution is -2.64. The van der Waals surface area contributed by atoms with Gasteiger partial charge in [0.15, 0.2) is 5.76 Å². The number of amides is 1. The average molecular weight is 362 g/mol. The van der Waals surface area contributed by atoms with Gasteiger partial charge in [0.25, 0.3) is 5.91 Å². The summed E-state index contributed by atoms with van der Waals surface area (Å²) >= 11 is 0. The quantitative estimate of drug-likeness (QED) is 0.716. The molecule has 4 heterocycles. The Labute approximate surface area is 158 Å². The molecule has 6 heteroatoms. The van der Waals surface area contributed by atoms with Crippen molar-refractivity contribution in [2.24, 2.45) is 0 Å². The first-order valence-corrected chi connectivity index (χ1v) is 9.46. The van der Waals surface area contributed by atoms with E-state index < -0.39 is 0 Å². The molecule has 2 aromatic heterocycles. The Bertz CT molecular complexity index is 908. The number of para-hydroxylation sites is 1. The van der Waals surface area contributed by atoms with Crippen molar-refractivity contribution in [2.45, 2.75) is 6.04 Å². The van der Waals surface area contributed by atoms with E-state index in [1.54, 1.807) is 0 Å². The van der Waals surface area contributed by atoms with Crippen LogP contribution in [0.4, 0.5) is 5.82 Å². The number of anilines is 1. The molecular weight excluding hydrogens is 340 g/mol. The molecule has 5 rings (SSSR count). The summed E-state index contributed by atoms with van der Waals surface area (Å²) in [6.45, 7) is 5.52. The standard InChI is InChI=1S/C21H22N4O2/c26-21(19-13-16-5-1-2-6-18(16)27-19)25-14-17(15-25)23-9-11-24(12-10-23)20-7-3-4-8-22-20/h1-8,13,17H,9-12,14-15H2. The lowest BCUT2D eigenvalue weighted by molar-refractivity contribution is 0.0225. The number of nitrogens with zero attached hydrogens (tertiary/aromatic N) is 4. The molecule has 2 aliphatic rings. The highest BCUT2D eigenvalue weighted by Gasteiger charge is 2.37. The first kappa shape index (κ1) is 16.3. The maximum absolute atomic E-state index is 12.7. The Balaban J connectivity index is 1.16. The molecule has 1 amide bonds. The minimum Gasteiger partial charge on any atom is -0.451 e. The second-order valence-corrected chi connectivity index (χ2v) is 7.22. The van der Waals surface area contributed by atoms with E-state index in [2.05, 4.69) is 20.9 Å². The highest BCUT2D eigenvalue weighted by Crippen LogP contribution is 2.24. The number of rotatable bonds is 3. The van der Waals surface area contributed by atoms with Crippen LogP contribution in [0.25, 0.3) is 11.0 Å². The minimum atomic E-state index is -0.00503. The molecule has 0 atom stereocenters. The number of pyridine rings is 1. The molecule has 0 bridgehead atoms. The van der Waals surface area contributed by atoms with E-state index >= 15 is 0 Å². The maximum Gasteiger partial charge on any atom is 0.289 e. The first-order chi connectivity index (χ1) is 13.3. The van der Waals surface area contributed by atoms with Gasteiger partial charge < -0.3 is 14.2 Å². The van der Waals surface area contributed by atoms with Gasteiger partial charge in [-0.15, -0.1) is 0 Å². The summed E-state index contributed by atoms with van der Waals surface area (Å²) in [6, 6.07) is 16.1. The van der Waals surface area contributed by atoms with Crippen molar-refractivity contribution in [2.75, 3.05) is 44.2 Å². The van der Waals surface area contributed by atoms with Crippen LogP contribution in [0, 0.1) is 0 Å². The smallest absolute Gasteiger partial charge is 0.289 e. The molecule has 2 aliphatic heterocycles. The van der Waals surface area contributed by atoms with E-state index in [9.17, 15) is 4.79 Å². The summed E-state index contributed by atoms with van der Waals surface area (Å²) < 4.78 is 5.71. The van der Waals surface area contributed by atoms with Crippen LogP contribution < -0.4 is 4.90 Å². The van der Waals surface area contributed by atoms with Crippen LogP contribution in [0.5, 0.6) is 0 Å². The molecule has 0 unspecified atom stereocenters. The number of hydrogen-bond acceptors (Lipinski definition) is 5. The molecule has 2 saturated heterocycles. The highest BCUT2D eigenvalue weighted by atomic mass is 16.3. The fraction of sp³-hybridized carbons (Fsp3) is 0.333. The Hall–Kier alpha value is -2.86. The molecular formula is C21H22N4O2. The normalized spacial score (nSPS) is 18.7. The summed E-state index contributed by atoms with van der Waals surface area (Å²) in [5.74, 6) is 1.48. The molecule has 0 saturated carbocycles. The Kier molecular flexibility index (Phi) is 4.05. The number of carbonyl (C=O) groups excluding carboxylic acids is 1. The predicted octanol–water partition coefficient (Wildman–Crippen LogP) is 2.47. The van der Waals surface area contributed by atoms with E-state index in [1.165, 1.54) is 0 Å². The molecule has 0 spiro atoms. The van der Waals surface area contributed by atoms with Gasteiger partial charge in [-0.3, -0.25) is 9.69 Å². The predicted molar refractivity (Wildman–Crippen MR) is 104 cm³/mol. The Morgan fingerprint density at radius 3 is 2.52 bits per heavy atom. The first-order valence-electron chi connectivity index (χ1n) is 9.46. The SMILES string of the molecule is O=C(c1cc2ccccc2o1)N1CC(N2CCN(c3ccccn3)CC2)C1. The van der Waals surface area contributed by atoms with Crippen LogP contribution in [0.1, 0.15) is 10.6 Å². The molecule has 3 aromatic rings. The lowest BCUT2D eigenvalue weighted by atomic mass is 10.1. The zero-order chi connectivity index (χ0) is 18.2. The van der Waals surface area contributed by atoms with E-state index in [0.29, 0.717) is 11.8 Å². The molecule has 27 heavy (non-hydrogen) atoms. The van der Waals surface area contributed by atoms with Crippen molar-refractivity contribution in [3.63, 3.8) is 0 Å². The fourth-order valence-electron chi connectivity index (χ4n) is 3.95. The highest BCUT2D eigenvalue weighted by molar-refractivity contribution is 5.96. The Morgan fingerprint density at radius 1 is 1.00 bits per heavy atom. The summed E-state index contributed by atoms with van der Waals surface area (Å²) in [5.41, 5.74) is 0.767. The number of hydrogen-bond donors (Lipinski definition) is 0. The Morgan fingerprint density at radius 2 is 1.78 bits per heavy atom. The monoisotopic (exact) mass is 362 g/mol. The number of fused-ring (bicyclic) bond motifs is 1. The van der Waals surface area contributed by atoms with Crippen LogP contribution in [-0.2, 0) is 0 Å². The number of furan rings is 1. The van der Waals surface area contributed by atoms with Crippen molar-refractivity contribution < 1.29 is 9.21 Å². The van der Waals surface area contributed by atoms with Gasteiger partial charge in [0.2, 0.25) is 0 Å². The average Bonchev–Trinajstić information content (AvgIpc) is 3.12. The van der Waals surface area contributed by atoms with Crippen molar-refractivity contribution in [1.82, 2.24) is 14.8 Å². The van der Waals surface area contributed by atoms with Gasteiger partial charge in [-0.1, -0.05) is 24.3 Å². The second kappa shape index (κ2) is 6.70.